The van der Waals surface area contributed by atoms with E-state index in [1.54, 1.807) is 0 Å². The Morgan fingerprint density at radius 1 is 1.04 bits per heavy atom. The van der Waals surface area contributed by atoms with Crippen LogP contribution in [0.3, 0.4) is 0 Å². The van der Waals surface area contributed by atoms with Crippen molar-refractivity contribution in [2.45, 2.75) is 19.3 Å². The van der Waals surface area contributed by atoms with Gasteiger partial charge in [0, 0.05) is 58.8 Å². The van der Waals surface area contributed by atoms with Crippen molar-refractivity contribution in [1.82, 2.24) is 20.0 Å². The maximum absolute atomic E-state index is 12.1. The maximum Gasteiger partial charge on any atom is 0.234 e. The number of amides is 2. The van der Waals surface area contributed by atoms with Crippen molar-refractivity contribution >= 4 is 17.9 Å². The van der Waals surface area contributed by atoms with Crippen LogP contribution < -0.4 is 5.32 Å². The molecule has 1 aromatic carbocycles. The lowest BCUT2D eigenvalue weighted by atomic mass is 10.2. The van der Waals surface area contributed by atoms with Crippen molar-refractivity contribution in [3.05, 3.63) is 42.0 Å². The lowest BCUT2D eigenvalue weighted by molar-refractivity contribution is -0.127. The van der Waals surface area contributed by atoms with Crippen LogP contribution in [0.4, 0.5) is 0 Å². The van der Waals surface area contributed by atoms with Gasteiger partial charge in [0.1, 0.15) is 0 Å². The number of likely N-dealkylation sites (tertiary alicyclic amines) is 1. The molecule has 0 saturated carbocycles. The van der Waals surface area contributed by atoms with E-state index >= 15 is 0 Å². The molecule has 0 spiro atoms. The number of rotatable bonds is 9. The monoisotopic (exact) mass is 384 g/mol. The first kappa shape index (κ1) is 20.6. The summed E-state index contributed by atoms with van der Waals surface area (Å²) in [5.41, 5.74) is 1.23. The Labute approximate surface area is 168 Å². The molecule has 0 unspecified atom stereocenters. The zero-order valence-corrected chi connectivity index (χ0v) is 16.7. The Balaban J connectivity index is 1.25. The van der Waals surface area contributed by atoms with Crippen molar-refractivity contribution < 1.29 is 9.59 Å². The van der Waals surface area contributed by atoms with E-state index < -0.39 is 0 Å². The molecular weight excluding hydrogens is 352 g/mol. The highest BCUT2D eigenvalue weighted by molar-refractivity contribution is 5.78. The second-order valence-corrected chi connectivity index (χ2v) is 7.58. The fourth-order valence-corrected chi connectivity index (χ4v) is 3.73. The van der Waals surface area contributed by atoms with E-state index in [-0.39, 0.29) is 11.8 Å². The number of nitrogens with one attached hydrogen (secondary N) is 1. The average Bonchev–Trinajstić information content (AvgIpc) is 3.12. The van der Waals surface area contributed by atoms with Gasteiger partial charge in [0.2, 0.25) is 11.8 Å². The van der Waals surface area contributed by atoms with E-state index in [0.29, 0.717) is 19.5 Å². The van der Waals surface area contributed by atoms with Crippen molar-refractivity contribution in [2.75, 3.05) is 58.9 Å². The number of hydrogen-bond acceptors (Lipinski definition) is 4. The molecule has 3 rings (SSSR count). The molecule has 2 fully saturated rings. The molecule has 0 bridgehead atoms. The summed E-state index contributed by atoms with van der Waals surface area (Å²) in [7, 11) is 0. The normalized spacial score (nSPS) is 18.9. The molecule has 1 aromatic rings. The van der Waals surface area contributed by atoms with Gasteiger partial charge >= 0.3 is 0 Å². The van der Waals surface area contributed by atoms with Gasteiger partial charge in [-0.15, -0.1) is 0 Å². The molecule has 2 amide bonds. The molecule has 0 aliphatic carbocycles. The Bertz CT molecular complexity index is 654. The van der Waals surface area contributed by atoms with Crippen LogP contribution in [0.5, 0.6) is 0 Å². The second kappa shape index (κ2) is 11.0. The van der Waals surface area contributed by atoms with E-state index in [1.165, 1.54) is 5.56 Å². The number of benzene rings is 1. The summed E-state index contributed by atoms with van der Waals surface area (Å²) in [6.07, 6.45) is 6.86. The van der Waals surface area contributed by atoms with E-state index in [4.69, 9.17) is 0 Å². The minimum absolute atomic E-state index is 0.0881. The van der Waals surface area contributed by atoms with Crippen molar-refractivity contribution in [3.63, 3.8) is 0 Å². The first-order valence-corrected chi connectivity index (χ1v) is 10.4. The number of carbonyl (C=O) groups is 2. The molecule has 2 aliphatic rings. The third-order valence-electron chi connectivity index (χ3n) is 5.40. The minimum Gasteiger partial charge on any atom is -0.355 e. The zero-order chi connectivity index (χ0) is 19.6. The highest BCUT2D eigenvalue weighted by atomic mass is 16.2. The Morgan fingerprint density at radius 3 is 2.50 bits per heavy atom. The number of piperazine rings is 1. The van der Waals surface area contributed by atoms with Gasteiger partial charge in [0.15, 0.2) is 0 Å². The third-order valence-corrected chi connectivity index (χ3v) is 5.40. The molecule has 2 aliphatic heterocycles. The summed E-state index contributed by atoms with van der Waals surface area (Å²) in [6.45, 7) is 7.52. The summed E-state index contributed by atoms with van der Waals surface area (Å²) >= 11 is 0. The summed E-state index contributed by atoms with van der Waals surface area (Å²) in [6, 6.07) is 10.3. The van der Waals surface area contributed by atoms with Crippen LogP contribution in [0.25, 0.3) is 6.08 Å². The van der Waals surface area contributed by atoms with Crippen LogP contribution in [0.1, 0.15) is 24.8 Å². The van der Waals surface area contributed by atoms with Gasteiger partial charge in [0.05, 0.1) is 6.54 Å². The van der Waals surface area contributed by atoms with Crippen molar-refractivity contribution in [2.24, 2.45) is 0 Å². The third kappa shape index (κ3) is 6.77. The topological polar surface area (TPSA) is 55.9 Å². The molecule has 6 nitrogen and oxygen atoms in total. The fourth-order valence-electron chi connectivity index (χ4n) is 3.73. The lowest BCUT2D eigenvalue weighted by Crippen LogP contribution is -2.49. The number of hydrogen-bond donors (Lipinski definition) is 1. The van der Waals surface area contributed by atoms with Gasteiger partial charge in [-0.2, -0.15) is 0 Å². The summed E-state index contributed by atoms with van der Waals surface area (Å²) in [4.78, 5) is 30.2. The Hall–Kier alpha value is -2.18. The van der Waals surface area contributed by atoms with Crippen LogP contribution in [-0.4, -0.2) is 85.4 Å². The molecule has 2 heterocycles. The smallest absolute Gasteiger partial charge is 0.234 e. The van der Waals surface area contributed by atoms with Crippen LogP contribution in [0.15, 0.2) is 36.4 Å². The SMILES string of the molecule is O=C(CN1CCN(C/C=C/c2ccccc2)CC1)NCCCN1CCCC1=O. The molecule has 28 heavy (non-hydrogen) atoms. The first-order chi connectivity index (χ1) is 13.7. The van der Waals surface area contributed by atoms with Gasteiger partial charge < -0.3 is 10.2 Å². The number of nitrogens with zero attached hydrogens (tertiary/aromatic N) is 3. The van der Waals surface area contributed by atoms with Gasteiger partial charge in [-0.1, -0.05) is 42.5 Å². The highest BCUT2D eigenvalue weighted by Gasteiger charge is 2.20. The maximum atomic E-state index is 12.1. The first-order valence-electron chi connectivity index (χ1n) is 10.4. The van der Waals surface area contributed by atoms with Gasteiger partial charge in [-0.05, 0) is 18.4 Å². The Morgan fingerprint density at radius 2 is 1.79 bits per heavy atom. The molecule has 2 saturated heterocycles. The standard InChI is InChI=1S/C22H32N4O2/c27-21(23-11-6-14-26-13-5-10-22(26)28)19-25-17-15-24(16-18-25)12-4-9-20-7-2-1-3-8-20/h1-4,7-9H,5-6,10-19H2,(H,23,27)/b9-4+. The average molecular weight is 385 g/mol. The molecule has 0 radical (unpaired) electrons. The van der Waals surface area contributed by atoms with E-state index in [9.17, 15) is 9.59 Å². The molecule has 6 heteroatoms. The van der Waals surface area contributed by atoms with Crippen molar-refractivity contribution in [1.29, 1.82) is 0 Å². The largest absolute Gasteiger partial charge is 0.355 e. The fraction of sp³-hybridized carbons (Fsp3) is 0.545. The summed E-state index contributed by atoms with van der Waals surface area (Å²) in [5, 5.41) is 2.99. The Kier molecular flexibility index (Phi) is 8.06. The van der Waals surface area contributed by atoms with E-state index in [2.05, 4.69) is 51.5 Å². The predicted octanol–water partition coefficient (Wildman–Crippen LogP) is 1.45. The van der Waals surface area contributed by atoms with E-state index in [1.807, 2.05) is 11.0 Å². The van der Waals surface area contributed by atoms with Crippen molar-refractivity contribution in [3.8, 4) is 0 Å². The molecule has 0 atom stereocenters. The quantitative estimate of drug-likeness (QED) is 0.655. The predicted molar refractivity (Wildman–Crippen MR) is 112 cm³/mol. The highest BCUT2D eigenvalue weighted by Crippen LogP contribution is 2.09. The van der Waals surface area contributed by atoms with E-state index in [0.717, 1.165) is 58.7 Å². The summed E-state index contributed by atoms with van der Waals surface area (Å²) < 4.78 is 0. The zero-order valence-electron chi connectivity index (χ0n) is 16.7. The summed E-state index contributed by atoms with van der Waals surface area (Å²) in [5.74, 6) is 0.341. The van der Waals surface area contributed by atoms with Gasteiger partial charge in [-0.3, -0.25) is 19.4 Å². The molecule has 0 aromatic heterocycles. The molecular formula is C22H32N4O2. The molecule has 1 N–H and O–H groups in total. The lowest BCUT2D eigenvalue weighted by Gasteiger charge is -2.33. The van der Waals surface area contributed by atoms with Crippen LogP contribution >= 0.6 is 0 Å². The van der Waals surface area contributed by atoms with Crippen LogP contribution in [0, 0.1) is 0 Å². The second-order valence-electron chi connectivity index (χ2n) is 7.58. The number of carbonyl (C=O) groups excluding carboxylic acids is 2. The van der Waals surface area contributed by atoms with Crippen LogP contribution in [-0.2, 0) is 9.59 Å². The van der Waals surface area contributed by atoms with Crippen LogP contribution in [0.2, 0.25) is 0 Å². The molecule has 152 valence electrons. The van der Waals surface area contributed by atoms with Gasteiger partial charge in [-0.25, -0.2) is 0 Å². The van der Waals surface area contributed by atoms with Gasteiger partial charge in [0.25, 0.3) is 0 Å². The minimum atomic E-state index is 0.0881.